The minimum absolute atomic E-state index is 0.198. The second kappa shape index (κ2) is 12.9. The first-order chi connectivity index (χ1) is 18.7. The molecule has 2 fully saturated rings. The lowest BCUT2D eigenvalue weighted by atomic mass is 9.82. The van der Waals surface area contributed by atoms with Crippen LogP contribution in [0.3, 0.4) is 0 Å². The molecule has 0 amide bonds. The van der Waals surface area contributed by atoms with Crippen LogP contribution in [-0.4, -0.2) is 11.9 Å². The molecule has 2 saturated carbocycles. The predicted octanol–water partition coefficient (Wildman–Crippen LogP) is 8.50. The average Bonchev–Trinajstić information content (AvgIpc) is 3.00. The molecule has 0 unspecified atom stereocenters. The third-order valence-electron chi connectivity index (χ3n) is 8.28. The largest absolute Gasteiger partial charge is 0.457 e. The molecule has 0 radical (unpaired) electrons. The molecule has 0 bridgehead atoms. The van der Waals surface area contributed by atoms with Crippen molar-refractivity contribution in [1.82, 2.24) is 0 Å². The molecule has 4 nitrogen and oxygen atoms in total. The van der Waals surface area contributed by atoms with Gasteiger partial charge in [-0.1, -0.05) is 99.2 Å². The maximum absolute atomic E-state index is 13.1. The van der Waals surface area contributed by atoms with Crippen molar-refractivity contribution < 1.29 is 19.1 Å². The van der Waals surface area contributed by atoms with E-state index < -0.39 is 11.9 Å². The van der Waals surface area contributed by atoms with Gasteiger partial charge in [-0.05, 0) is 71.9 Å². The topological polar surface area (TPSA) is 52.6 Å². The SMILES string of the molecule is O=C(OCc1ccccc1C1CCCCC1)c1ccccc1C(=O)OCc1ccccc1C1CCCCC1. The molecule has 5 rings (SSSR count). The standard InChI is InChI=1S/C34H38O4/c35-33(37-23-27-17-7-9-19-29(27)25-13-3-1-4-14-25)31-21-11-12-22-32(31)34(36)38-24-28-18-8-10-20-30(28)26-15-5-2-6-16-26/h7-12,17-22,25-26H,1-6,13-16,23-24H2. The molecule has 0 saturated heterocycles. The summed E-state index contributed by atoms with van der Waals surface area (Å²) in [6.07, 6.45) is 12.3. The van der Waals surface area contributed by atoms with E-state index in [1.807, 2.05) is 24.3 Å². The van der Waals surface area contributed by atoms with Gasteiger partial charge in [0.15, 0.2) is 0 Å². The zero-order valence-electron chi connectivity index (χ0n) is 22.2. The van der Waals surface area contributed by atoms with E-state index in [1.165, 1.54) is 75.3 Å². The maximum Gasteiger partial charge on any atom is 0.339 e. The molecule has 0 spiro atoms. The van der Waals surface area contributed by atoms with Crippen LogP contribution in [0.2, 0.25) is 0 Å². The van der Waals surface area contributed by atoms with Gasteiger partial charge in [-0.25, -0.2) is 9.59 Å². The zero-order chi connectivity index (χ0) is 26.2. The summed E-state index contributed by atoms with van der Waals surface area (Å²) in [5.74, 6) is 0.0482. The lowest BCUT2D eigenvalue weighted by Crippen LogP contribution is -2.15. The van der Waals surface area contributed by atoms with Gasteiger partial charge >= 0.3 is 11.9 Å². The summed E-state index contributed by atoms with van der Waals surface area (Å²) in [6, 6.07) is 23.3. The summed E-state index contributed by atoms with van der Waals surface area (Å²) in [6.45, 7) is 0.396. The number of esters is 2. The smallest absolute Gasteiger partial charge is 0.339 e. The van der Waals surface area contributed by atoms with Gasteiger partial charge in [0.1, 0.15) is 13.2 Å². The highest BCUT2D eigenvalue weighted by Crippen LogP contribution is 2.36. The van der Waals surface area contributed by atoms with E-state index in [4.69, 9.17) is 9.47 Å². The zero-order valence-corrected chi connectivity index (χ0v) is 22.2. The molecule has 3 aromatic rings. The van der Waals surface area contributed by atoms with E-state index in [9.17, 15) is 9.59 Å². The Morgan fingerprint density at radius 1 is 0.526 bits per heavy atom. The number of ether oxygens (including phenoxy) is 2. The Labute approximate surface area is 226 Å². The van der Waals surface area contributed by atoms with Crippen molar-refractivity contribution in [2.24, 2.45) is 0 Å². The molecular formula is C34H38O4. The normalized spacial score (nSPS) is 16.6. The fourth-order valence-corrected chi connectivity index (χ4v) is 6.24. The summed E-state index contributed by atoms with van der Waals surface area (Å²) in [7, 11) is 0. The lowest BCUT2D eigenvalue weighted by molar-refractivity contribution is 0.0424. The molecule has 0 aromatic heterocycles. The predicted molar refractivity (Wildman–Crippen MR) is 149 cm³/mol. The molecule has 38 heavy (non-hydrogen) atoms. The van der Waals surface area contributed by atoms with E-state index in [0.29, 0.717) is 11.8 Å². The second-order valence-corrected chi connectivity index (χ2v) is 10.8. The van der Waals surface area contributed by atoms with Crippen LogP contribution >= 0.6 is 0 Å². The average molecular weight is 511 g/mol. The summed E-state index contributed by atoms with van der Waals surface area (Å²) >= 11 is 0. The minimum Gasteiger partial charge on any atom is -0.457 e. The summed E-state index contributed by atoms with van der Waals surface area (Å²) in [5.41, 5.74) is 5.15. The van der Waals surface area contributed by atoms with Crippen molar-refractivity contribution in [1.29, 1.82) is 0 Å². The Kier molecular flexibility index (Phi) is 8.90. The van der Waals surface area contributed by atoms with Crippen LogP contribution in [0, 0.1) is 0 Å². The number of carbonyl (C=O) groups is 2. The van der Waals surface area contributed by atoms with Gasteiger partial charge in [-0.3, -0.25) is 0 Å². The number of rotatable bonds is 8. The Hall–Kier alpha value is -3.40. The Morgan fingerprint density at radius 3 is 1.32 bits per heavy atom. The van der Waals surface area contributed by atoms with Crippen molar-refractivity contribution in [2.75, 3.05) is 0 Å². The molecule has 2 aliphatic rings. The molecule has 0 N–H and O–H groups in total. The van der Waals surface area contributed by atoms with Gasteiger partial charge in [0.2, 0.25) is 0 Å². The first kappa shape index (κ1) is 26.2. The monoisotopic (exact) mass is 510 g/mol. The van der Waals surface area contributed by atoms with E-state index in [2.05, 4.69) is 24.3 Å². The Balaban J connectivity index is 1.25. The van der Waals surface area contributed by atoms with Crippen molar-refractivity contribution in [3.63, 3.8) is 0 Å². The number of carbonyl (C=O) groups excluding carboxylic acids is 2. The molecule has 4 heteroatoms. The first-order valence-corrected chi connectivity index (χ1v) is 14.3. The van der Waals surface area contributed by atoms with Crippen molar-refractivity contribution in [2.45, 2.75) is 89.3 Å². The van der Waals surface area contributed by atoms with Crippen LogP contribution in [0.15, 0.2) is 72.8 Å². The van der Waals surface area contributed by atoms with Gasteiger partial charge in [0, 0.05) is 0 Å². The van der Waals surface area contributed by atoms with Crippen LogP contribution in [0.5, 0.6) is 0 Å². The molecule has 3 aromatic carbocycles. The van der Waals surface area contributed by atoms with Crippen LogP contribution in [0.25, 0.3) is 0 Å². The van der Waals surface area contributed by atoms with E-state index in [1.54, 1.807) is 24.3 Å². The maximum atomic E-state index is 13.1. The first-order valence-electron chi connectivity index (χ1n) is 14.3. The van der Waals surface area contributed by atoms with Gasteiger partial charge in [0.05, 0.1) is 11.1 Å². The van der Waals surface area contributed by atoms with Gasteiger partial charge in [-0.15, -0.1) is 0 Å². The number of benzene rings is 3. The number of hydrogen-bond donors (Lipinski definition) is 0. The van der Waals surface area contributed by atoms with E-state index >= 15 is 0 Å². The highest BCUT2D eigenvalue weighted by molar-refractivity contribution is 6.03. The van der Waals surface area contributed by atoms with E-state index in [0.717, 1.165) is 11.1 Å². The van der Waals surface area contributed by atoms with Gasteiger partial charge < -0.3 is 9.47 Å². The summed E-state index contributed by atoms with van der Waals surface area (Å²) < 4.78 is 11.5. The van der Waals surface area contributed by atoms with Gasteiger partial charge in [-0.2, -0.15) is 0 Å². The van der Waals surface area contributed by atoms with Gasteiger partial charge in [0.25, 0.3) is 0 Å². The van der Waals surface area contributed by atoms with Crippen LogP contribution < -0.4 is 0 Å². The highest BCUT2D eigenvalue weighted by atomic mass is 16.5. The molecule has 0 aliphatic heterocycles. The quantitative estimate of drug-likeness (QED) is 0.285. The van der Waals surface area contributed by atoms with E-state index in [-0.39, 0.29) is 24.3 Å². The molecule has 198 valence electrons. The molecule has 0 heterocycles. The highest BCUT2D eigenvalue weighted by Gasteiger charge is 2.23. The second-order valence-electron chi connectivity index (χ2n) is 10.8. The Bertz CT molecular complexity index is 1140. The van der Waals surface area contributed by atoms with Crippen LogP contribution in [0.1, 0.15) is 119 Å². The van der Waals surface area contributed by atoms with Crippen molar-refractivity contribution >= 4 is 11.9 Å². The summed E-state index contributed by atoms with van der Waals surface area (Å²) in [4.78, 5) is 26.3. The fraction of sp³-hybridized carbons (Fsp3) is 0.412. The molecular weight excluding hydrogens is 472 g/mol. The molecule has 0 atom stereocenters. The fourth-order valence-electron chi connectivity index (χ4n) is 6.24. The van der Waals surface area contributed by atoms with Crippen LogP contribution in [0.4, 0.5) is 0 Å². The Morgan fingerprint density at radius 2 is 0.895 bits per heavy atom. The third-order valence-corrected chi connectivity index (χ3v) is 8.28. The van der Waals surface area contributed by atoms with Crippen molar-refractivity contribution in [3.8, 4) is 0 Å². The summed E-state index contributed by atoms with van der Waals surface area (Å²) in [5, 5.41) is 0. The minimum atomic E-state index is -0.501. The third kappa shape index (κ3) is 6.35. The number of hydrogen-bond acceptors (Lipinski definition) is 4. The lowest BCUT2D eigenvalue weighted by Gasteiger charge is -2.24. The van der Waals surface area contributed by atoms with Crippen LogP contribution in [-0.2, 0) is 22.7 Å². The van der Waals surface area contributed by atoms with Crippen molar-refractivity contribution in [3.05, 3.63) is 106 Å². The molecule has 2 aliphatic carbocycles.